The van der Waals surface area contributed by atoms with Crippen molar-refractivity contribution in [2.75, 3.05) is 0 Å². The van der Waals surface area contributed by atoms with E-state index in [1.54, 1.807) is 24.9 Å². The van der Waals surface area contributed by atoms with E-state index in [-0.39, 0.29) is 12.5 Å². The Hall–Kier alpha value is -3.54. The molecule has 0 aliphatic rings. The van der Waals surface area contributed by atoms with Crippen molar-refractivity contribution >= 4 is 16.9 Å². The van der Waals surface area contributed by atoms with Crippen LogP contribution in [0.25, 0.3) is 22.3 Å². The highest BCUT2D eigenvalue weighted by Gasteiger charge is 2.07. The van der Waals surface area contributed by atoms with Crippen molar-refractivity contribution in [2.24, 2.45) is 0 Å². The highest BCUT2D eigenvalue weighted by Crippen LogP contribution is 2.15. The van der Waals surface area contributed by atoms with Gasteiger partial charge in [0.1, 0.15) is 6.54 Å². The van der Waals surface area contributed by atoms with E-state index in [4.69, 9.17) is 0 Å². The molecule has 0 fully saturated rings. The molecule has 6 nitrogen and oxygen atoms in total. The molecule has 0 saturated heterocycles. The number of hydrogen-bond acceptors (Lipinski definition) is 4. The molecule has 0 saturated carbocycles. The molecule has 3 heterocycles. The molecule has 1 N–H and O–H groups in total. The predicted molar refractivity (Wildman–Crippen MR) is 99.0 cm³/mol. The van der Waals surface area contributed by atoms with E-state index >= 15 is 0 Å². The number of nitrogens with zero attached hydrogens (tertiary/aromatic N) is 4. The minimum absolute atomic E-state index is 0.0653. The Labute approximate surface area is 150 Å². The standard InChI is InChI=1S/C20H17N5O/c26-20(13-25-14-24-18-5-1-2-6-19(18)25)23-11-15-7-8-17(22-10-15)16-4-3-9-21-12-16/h1-10,12,14H,11,13H2,(H,23,26). The van der Waals surface area contributed by atoms with Gasteiger partial charge in [0.15, 0.2) is 0 Å². The lowest BCUT2D eigenvalue weighted by atomic mass is 10.1. The van der Waals surface area contributed by atoms with Crippen LogP contribution in [-0.4, -0.2) is 25.4 Å². The topological polar surface area (TPSA) is 72.7 Å². The summed E-state index contributed by atoms with van der Waals surface area (Å²) in [5.41, 5.74) is 4.61. The molecule has 0 atom stereocenters. The van der Waals surface area contributed by atoms with E-state index in [0.717, 1.165) is 27.9 Å². The molecule has 4 rings (SSSR count). The van der Waals surface area contributed by atoms with Gasteiger partial charge in [0.25, 0.3) is 0 Å². The van der Waals surface area contributed by atoms with Crippen LogP contribution in [0.4, 0.5) is 0 Å². The Kier molecular flexibility index (Phi) is 4.38. The second-order valence-electron chi connectivity index (χ2n) is 5.93. The van der Waals surface area contributed by atoms with Crippen LogP contribution in [-0.2, 0) is 17.9 Å². The quantitative estimate of drug-likeness (QED) is 0.605. The summed E-state index contributed by atoms with van der Waals surface area (Å²) in [6, 6.07) is 15.5. The molecule has 3 aromatic heterocycles. The zero-order chi connectivity index (χ0) is 17.8. The summed E-state index contributed by atoms with van der Waals surface area (Å²) in [6.45, 7) is 0.674. The van der Waals surface area contributed by atoms with E-state index in [1.807, 2.05) is 53.1 Å². The monoisotopic (exact) mass is 343 g/mol. The van der Waals surface area contributed by atoms with Crippen molar-refractivity contribution in [1.82, 2.24) is 24.8 Å². The average molecular weight is 343 g/mol. The number of fused-ring (bicyclic) bond motifs is 1. The Morgan fingerprint density at radius 3 is 2.73 bits per heavy atom. The van der Waals surface area contributed by atoms with E-state index in [1.165, 1.54) is 0 Å². The fourth-order valence-electron chi connectivity index (χ4n) is 2.76. The lowest BCUT2D eigenvalue weighted by molar-refractivity contribution is -0.121. The average Bonchev–Trinajstić information content (AvgIpc) is 3.10. The first-order valence-electron chi connectivity index (χ1n) is 8.31. The Morgan fingerprint density at radius 2 is 1.92 bits per heavy atom. The van der Waals surface area contributed by atoms with E-state index < -0.39 is 0 Å². The van der Waals surface area contributed by atoms with Gasteiger partial charge in [-0.15, -0.1) is 0 Å². The maximum Gasteiger partial charge on any atom is 0.240 e. The number of aromatic nitrogens is 4. The van der Waals surface area contributed by atoms with Gasteiger partial charge < -0.3 is 9.88 Å². The molecule has 6 heteroatoms. The van der Waals surface area contributed by atoms with Crippen molar-refractivity contribution in [3.05, 3.63) is 79.0 Å². The molecule has 1 amide bonds. The smallest absolute Gasteiger partial charge is 0.240 e. The number of nitrogens with one attached hydrogen (secondary N) is 1. The largest absolute Gasteiger partial charge is 0.350 e. The number of pyridine rings is 2. The number of carbonyl (C=O) groups is 1. The van der Waals surface area contributed by atoms with Crippen LogP contribution in [0, 0.1) is 0 Å². The van der Waals surface area contributed by atoms with Gasteiger partial charge in [-0.3, -0.25) is 14.8 Å². The summed E-state index contributed by atoms with van der Waals surface area (Å²) in [4.78, 5) is 25.1. The fourth-order valence-corrected chi connectivity index (χ4v) is 2.76. The summed E-state index contributed by atoms with van der Waals surface area (Å²) in [6.07, 6.45) is 6.97. The van der Waals surface area contributed by atoms with Crippen LogP contribution in [0.5, 0.6) is 0 Å². The summed E-state index contributed by atoms with van der Waals surface area (Å²) < 4.78 is 1.84. The lowest BCUT2D eigenvalue weighted by Crippen LogP contribution is -2.26. The molecule has 0 radical (unpaired) electrons. The van der Waals surface area contributed by atoms with Gasteiger partial charge in [-0.1, -0.05) is 18.2 Å². The molecule has 0 spiro atoms. The van der Waals surface area contributed by atoms with Crippen LogP contribution < -0.4 is 5.32 Å². The predicted octanol–water partition coefficient (Wildman–Crippen LogP) is 2.81. The minimum Gasteiger partial charge on any atom is -0.350 e. The van der Waals surface area contributed by atoms with Crippen molar-refractivity contribution in [1.29, 1.82) is 0 Å². The highest BCUT2D eigenvalue weighted by molar-refractivity contribution is 5.80. The molecular formula is C20H17N5O. The Bertz CT molecular complexity index is 1020. The van der Waals surface area contributed by atoms with Gasteiger partial charge in [-0.05, 0) is 35.9 Å². The lowest BCUT2D eigenvalue weighted by Gasteiger charge is -2.07. The summed E-state index contributed by atoms with van der Waals surface area (Å²) in [5, 5.41) is 2.92. The van der Waals surface area contributed by atoms with E-state index in [9.17, 15) is 4.79 Å². The number of hydrogen-bond donors (Lipinski definition) is 1. The van der Waals surface area contributed by atoms with Gasteiger partial charge in [0, 0.05) is 30.7 Å². The molecule has 128 valence electrons. The third kappa shape index (κ3) is 3.44. The second-order valence-corrected chi connectivity index (χ2v) is 5.93. The van der Waals surface area contributed by atoms with Crippen molar-refractivity contribution < 1.29 is 4.79 Å². The first-order chi connectivity index (χ1) is 12.8. The van der Waals surface area contributed by atoms with Crippen molar-refractivity contribution in [2.45, 2.75) is 13.1 Å². The molecule has 0 aliphatic carbocycles. The van der Waals surface area contributed by atoms with Gasteiger partial charge in [-0.2, -0.15) is 0 Å². The third-order valence-electron chi connectivity index (χ3n) is 4.11. The van der Waals surface area contributed by atoms with Crippen LogP contribution in [0.15, 0.2) is 73.4 Å². The maximum atomic E-state index is 12.2. The summed E-state index contributed by atoms with van der Waals surface area (Å²) in [7, 11) is 0. The van der Waals surface area contributed by atoms with Crippen molar-refractivity contribution in [3.8, 4) is 11.3 Å². The third-order valence-corrected chi connectivity index (χ3v) is 4.11. The SMILES string of the molecule is O=C(Cn1cnc2ccccc21)NCc1ccc(-c2cccnc2)nc1. The second kappa shape index (κ2) is 7.14. The Balaban J connectivity index is 1.37. The molecule has 4 aromatic rings. The number of rotatable bonds is 5. The number of amides is 1. The van der Waals surface area contributed by atoms with Crippen LogP contribution in [0.2, 0.25) is 0 Å². The van der Waals surface area contributed by atoms with Crippen LogP contribution in [0.3, 0.4) is 0 Å². The van der Waals surface area contributed by atoms with Crippen molar-refractivity contribution in [3.63, 3.8) is 0 Å². The highest BCUT2D eigenvalue weighted by atomic mass is 16.1. The fraction of sp³-hybridized carbons (Fsp3) is 0.100. The van der Waals surface area contributed by atoms with Crippen LogP contribution in [0.1, 0.15) is 5.56 Å². The number of benzene rings is 1. The minimum atomic E-state index is -0.0653. The molecule has 0 bridgehead atoms. The van der Waals surface area contributed by atoms with E-state index in [2.05, 4.69) is 20.3 Å². The number of para-hydroxylation sites is 2. The zero-order valence-corrected chi connectivity index (χ0v) is 14.0. The summed E-state index contributed by atoms with van der Waals surface area (Å²) in [5.74, 6) is -0.0653. The summed E-state index contributed by atoms with van der Waals surface area (Å²) >= 11 is 0. The van der Waals surface area contributed by atoms with E-state index in [0.29, 0.717) is 6.54 Å². The van der Waals surface area contributed by atoms with Gasteiger partial charge in [0.05, 0.1) is 23.1 Å². The first kappa shape index (κ1) is 16.0. The molecular weight excluding hydrogens is 326 g/mol. The maximum absolute atomic E-state index is 12.2. The molecule has 1 aromatic carbocycles. The molecule has 0 aliphatic heterocycles. The first-order valence-corrected chi connectivity index (χ1v) is 8.31. The van der Waals surface area contributed by atoms with Gasteiger partial charge in [0.2, 0.25) is 5.91 Å². The number of carbonyl (C=O) groups excluding carboxylic acids is 1. The van der Waals surface area contributed by atoms with Gasteiger partial charge in [-0.25, -0.2) is 4.98 Å². The number of imidazole rings is 1. The van der Waals surface area contributed by atoms with Crippen LogP contribution >= 0.6 is 0 Å². The molecule has 0 unspecified atom stereocenters. The zero-order valence-electron chi connectivity index (χ0n) is 14.0. The van der Waals surface area contributed by atoms with Gasteiger partial charge >= 0.3 is 0 Å². The normalized spacial score (nSPS) is 10.8. The Morgan fingerprint density at radius 1 is 1.00 bits per heavy atom. The molecule has 26 heavy (non-hydrogen) atoms.